The van der Waals surface area contributed by atoms with Crippen molar-refractivity contribution in [2.24, 2.45) is 7.05 Å². The molecule has 0 amide bonds. The van der Waals surface area contributed by atoms with Crippen molar-refractivity contribution < 1.29 is 13.2 Å². The van der Waals surface area contributed by atoms with Gasteiger partial charge in [-0.3, -0.25) is 4.68 Å². The first-order valence-electron chi connectivity index (χ1n) is 5.93. The summed E-state index contributed by atoms with van der Waals surface area (Å²) in [6.07, 6.45) is 0. The number of aromatic amines is 1. The van der Waals surface area contributed by atoms with E-state index in [1.807, 2.05) is 0 Å². The van der Waals surface area contributed by atoms with Gasteiger partial charge < -0.3 is 4.74 Å². The number of aryl methyl sites for hydroxylation is 2. The molecule has 0 bridgehead atoms. The third-order valence-corrected chi connectivity index (χ3v) is 4.27. The van der Waals surface area contributed by atoms with Gasteiger partial charge in [0.2, 0.25) is 5.95 Å². The molecule has 0 saturated carbocycles. The number of aromatic nitrogens is 5. The van der Waals surface area contributed by atoms with E-state index in [1.54, 1.807) is 27.8 Å². The highest BCUT2D eigenvalue weighted by molar-refractivity contribution is 7.92. The Kier molecular flexibility index (Phi) is 3.66. The highest BCUT2D eigenvalue weighted by atomic mass is 32.2. The van der Waals surface area contributed by atoms with Crippen LogP contribution in [0.4, 0.5) is 5.95 Å². The largest absolute Gasteiger partial charge is 0.463 e. The van der Waals surface area contributed by atoms with Crippen LogP contribution in [0, 0.1) is 13.8 Å². The van der Waals surface area contributed by atoms with Gasteiger partial charge in [0.1, 0.15) is 4.90 Å². The minimum Gasteiger partial charge on any atom is -0.463 e. The summed E-state index contributed by atoms with van der Waals surface area (Å²) in [7, 11) is -2.09. The summed E-state index contributed by atoms with van der Waals surface area (Å²) >= 11 is 0. The number of sulfonamides is 1. The van der Waals surface area contributed by atoms with Crippen molar-refractivity contribution >= 4 is 16.0 Å². The van der Waals surface area contributed by atoms with Crippen LogP contribution in [0.1, 0.15) is 18.3 Å². The third kappa shape index (κ3) is 2.59. The Morgan fingerprint density at radius 3 is 2.65 bits per heavy atom. The van der Waals surface area contributed by atoms with E-state index in [0.717, 1.165) is 0 Å². The molecular weight excluding hydrogens is 284 g/mol. The maximum atomic E-state index is 12.3. The molecule has 0 fully saturated rings. The fourth-order valence-corrected chi connectivity index (χ4v) is 3.21. The molecule has 2 rings (SSSR count). The van der Waals surface area contributed by atoms with Crippen LogP contribution in [-0.4, -0.2) is 40.0 Å². The summed E-state index contributed by atoms with van der Waals surface area (Å²) in [4.78, 5) is 4.00. The molecule has 0 atom stereocenters. The van der Waals surface area contributed by atoms with E-state index in [1.165, 1.54) is 4.68 Å². The Hall–Kier alpha value is -2.10. The molecular formula is C10H16N6O3S. The van der Waals surface area contributed by atoms with Gasteiger partial charge in [0.15, 0.2) is 0 Å². The van der Waals surface area contributed by atoms with Crippen molar-refractivity contribution in [1.82, 2.24) is 25.0 Å². The Balaban J connectivity index is 2.31. The lowest BCUT2D eigenvalue weighted by Gasteiger charge is -2.05. The molecule has 9 nitrogen and oxygen atoms in total. The normalized spacial score (nSPS) is 11.6. The van der Waals surface area contributed by atoms with Gasteiger partial charge in [0, 0.05) is 7.05 Å². The van der Waals surface area contributed by atoms with Gasteiger partial charge in [-0.05, 0) is 20.8 Å². The molecule has 0 spiro atoms. The van der Waals surface area contributed by atoms with Gasteiger partial charge in [-0.15, -0.1) is 5.10 Å². The molecule has 0 unspecified atom stereocenters. The second kappa shape index (κ2) is 5.12. The topological polar surface area (TPSA) is 115 Å². The molecule has 2 aromatic heterocycles. The van der Waals surface area contributed by atoms with Crippen LogP contribution >= 0.6 is 0 Å². The number of ether oxygens (including phenoxy) is 1. The maximum Gasteiger partial charge on any atom is 0.337 e. The fraction of sp³-hybridized carbons (Fsp3) is 0.500. The molecule has 0 saturated heterocycles. The Labute approximate surface area is 116 Å². The molecule has 10 heteroatoms. The van der Waals surface area contributed by atoms with Crippen LogP contribution in [0.25, 0.3) is 0 Å². The fourth-order valence-electron chi connectivity index (χ4n) is 1.81. The molecule has 0 aliphatic rings. The standard InChI is InChI=1S/C10H16N6O3S/c1-5-19-10-11-9(12-13-10)15-20(17,18)8-6(2)14-16(4)7(8)3/h5H2,1-4H3,(H2,11,12,13,15). The average molecular weight is 300 g/mol. The first-order valence-corrected chi connectivity index (χ1v) is 7.41. The van der Waals surface area contributed by atoms with Gasteiger partial charge in [-0.2, -0.15) is 10.1 Å². The molecule has 0 aliphatic carbocycles. The molecule has 20 heavy (non-hydrogen) atoms. The predicted octanol–water partition coefficient (Wildman–Crippen LogP) is 0.355. The van der Waals surface area contributed by atoms with Crippen LogP contribution in [-0.2, 0) is 17.1 Å². The second-order valence-electron chi connectivity index (χ2n) is 4.13. The number of hydrogen-bond acceptors (Lipinski definition) is 6. The number of nitrogens with zero attached hydrogens (tertiary/aromatic N) is 4. The number of H-pyrrole nitrogens is 1. The van der Waals surface area contributed by atoms with Gasteiger partial charge in [-0.25, -0.2) is 18.2 Å². The summed E-state index contributed by atoms with van der Waals surface area (Å²) in [5.41, 5.74) is 0.960. The van der Waals surface area contributed by atoms with Crippen molar-refractivity contribution in [2.75, 3.05) is 11.3 Å². The van der Waals surface area contributed by atoms with Gasteiger partial charge in [0.05, 0.1) is 18.0 Å². The maximum absolute atomic E-state index is 12.3. The van der Waals surface area contributed by atoms with Gasteiger partial charge >= 0.3 is 6.01 Å². The zero-order valence-corrected chi connectivity index (χ0v) is 12.4. The van der Waals surface area contributed by atoms with Crippen LogP contribution in [0.5, 0.6) is 6.01 Å². The van der Waals surface area contributed by atoms with E-state index in [2.05, 4.69) is 25.0 Å². The monoisotopic (exact) mass is 300 g/mol. The highest BCUT2D eigenvalue weighted by Gasteiger charge is 2.25. The summed E-state index contributed by atoms with van der Waals surface area (Å²) in [5, 5.41) is 10.3. The summed E-state index contributed by atoms with van der Waals surface area (Å²) in [5.74, 6) is -0.00361. The van der Waals surface area contributed by atoms with E-state index in [9.17, 15) is 8.42 Å². The third-order valence-electron chi connectivity index (χ3n) is 2.68. The van der Waals surface area contributed by atoms with Crippen LogP contribution in [0.15, 0.2) is 4.90 Å². The molecule has 2 aromatic rings. The number of hydrogen-bond donors (Lipinski definition) is 2. The van der Waals surface area contributed by atoms with Crippen molar-refractivity contribution in [3.05, 3.63) is 11.4 Å². The first-order chi connectivity index (χ1) is 9.35. The molecule has 110 valence electrons. The predicted molar refractivity (Wildman–Crippen MR) is 71.0 cm³/mol. The zero-order chi connectivity index (χ0) is 14.9. The molecule has 2 N–H and O–H groups in total. The van der Waals surface area contributed by atoms with Crippen molar-refractivity contribution in [3.63, 3.8) is 0 Å². The minimum atomic E-state index is -3.78. The van der Waals surface area contributed by atoms with Crippen molar-refractivity contribution in [3.8, 4) is 6.01 Å². The van der Waals surface area contributed by atoms with E-state index in [0.29, 0.717) is 18.0 Å². The Morgan fingerprint density at radius 1 is 1.40 bits per heavy atom. The van der Waals surface area contributed by atoms with E-state index >= 15 is 0 Å². The Morgan fingerprint density at radius 2 is 2.10 bits per heavy atom. The smallest absolute Gasteiger partial charge is 0.337 e. The lowest BCUT2D eigenvalue weighted by Crippen LogP contribution is -2.15. The van der Waals surface area contributed by atoms with E-state index in [-0.39, 0.29) is 16.9 Å². The number of anilines is 1. The van der Waals surface area contributed by atoms with E-state index in [4.69, 9.17) is 4.74 Å². The van der Waals surface area contributed by atoms with Gasteiger partial charge in [0.25, 0.3) is 10.0 Å². The quantitative estimate of drug-likeness (QED) is 0.823. The van der Waals surface area contributed by atoms with Crippen LogP contribution in [0.3, 0.4) is 0 Å². The van der Waals surface area contributed by atoms with Crippen molar-refractivity contribution in [1.29, 1.82) is 0 Å². The van der Waals surface area contributed by atoms with Crippen LogP contribution in [0.2, 0.25) is 0 Å². The molecule has 0 aliphatic heterocycles. The lowest BCUT2D eigenvalue weighted by molar-refractivity contribution is 0.314. The number of nitrogens with one attached hydrogen (secondary N) is 2. The first kappa shape index (κ1) is 14.3. The zero-order valence-electron chi connectivity index (χ0n) is 11.6. The summed E-state index contributed by atoms with van der Waals surface area (Å²) in [6, 6.07) is 0.0878. The summed E-state index contributed by atoms with van der Waals surface area (Å²) < 4.78 is 33.5. The summed E-state index contributed by atoms with van der Waals surface area (Å²) in [6.45, 7) is 5.49. The second-order valence-corrected chi connectivity index (χ2v) is 5.75. The van der Waals surface area contributed by atoms with Crippen LogP contribution < -0.4 is 9.46 Å². The van der Waals surface area contributed by atoms with E-state index < -0.39 is 10.0 Å². The van der Waals surface area contributed by atoms with Gasteiger partial charge in [-0.1, -0.05) is 0 Å². The highest BCUT2D eigenvalue weighted by Crippen LogP contribution is 2.21. The number of rotatable bonds is 5. The molecule has 0 aromatic carbocycles. The lowest BCUT2D eigenvalue weighted by atomic mass is 10.4. The average Bonchev–Trinajstić information content (AvgIpc) is 2.85. The van der Waals surface area contributed by atoms with Crippen molar-refractivity contribution in [2.45, 2.75) is 25.7 Å². The Bertz CT molecular complexity index is 717. The SMILES string of the molecule is CCOc1n[nH]c(NS(=O)(=O)c2c(C)nn(C)c2C)n1. The minimum absolute atomic E-state index is 0.00361. The molecule has 2 heterocycles. The molecule has 0 radical (unpaired) electrons.